The van der Waals surface area contributed by atoms with E-state index in [1.807, 2.05) is 12.1 Å². The fourth-order valence-corrected chi connectivity index (χ4v) is 4.80. The molecule has 0 aromatic heterocycles. The standard InChI is InChI=1S/C24H27ClFN3O2/c25-19-7-11-21(12-8-19)27-23(30)22(17-3-1-2-4-17)28-13-15-29(16-14-28)24(31)18-5-9-20(26)10-6-18/h5-12,17,22H,1-4,13-16H2,(H,27,30). The lowest BCUT2D eigenvalue weighted by atomic mass is 9.94. The summed E-state index contributed by atoms with van der Waals surface area (Å²) >= 11 is 5.96. The summed E-state index contributed by atoms with van der Waals surface area (Å²) in [6.07, 6.45) is 4.40. The molecule has 0 bridgehead atoms. The number of amides is 2. The van der Waals surface area contributed by atoms with Crippen LogP contribution >= 0.6 is 11.6 Å². The van der Waals surface area contributed by atoms with Crippen molar-refractivity contribution in [3.05, 3.63) is 64.9 Å². The van der Waals surface area contributed by atoms with Crippen molar-refractivity contribution in [2.24, 2.45) is 5.92 Å². The third-order valence-electron chi connectivity index (χ3n) is 6.31. The fraction of sp³-hybridized carbons (Fsp3) is 0.417. The molecule has 1 heterocycles. The third-order valence-corrected chi connectivity index (χ3v) is 6.56. The number of rotatable bonds is 5. The van der Waals surface area contributed by atoms with Crippen LogP contribution in [-0.2, 0) is 4.79 Å². The van der Waals surface area contributed by atoms with Gasteiger partial charge in [0.1, 0.15) is 5.82 Å². The Morgan fingerprint density at radius 2 is 1.55 bits per heavy atom. The second-order valence-electron chi connectivity index (χ2n) is 8.32. The van der Waals surface area contributed by atoms with E-state index in [-0.39, 0.29) is 23.7 Å². The lowest BCUT2D eigenvalue weighted by Gasteiger charge is -2.40. The van der Waals surface area contributed by atoms with Gasteiger partial charge in [0, 0.05) is 42.5 Å². The van der Waals surface area contributed by atoms with Crippen LogP contribution in [0, 0.1) is 11.7 Å². The van der Waals surface area contributed by atoms with Crippen LogP contribution in [0.1, 0.15) is 36.0 Å². The Labute approximate surface area is 187 Å². The number of hydrogen-bond donors (Lipinski definition) is 1. The van der Waals surface area contributed by atoms with Gasteiger partial charge in [-0.15, -0.1) is 0 Å². The number of carbonyl (C=O) groups is 2. The molecular weight excluding hydrogens is 417 g/mol. The molecule has 2 fully saturated rings. The monoisotopic (exact) mass is 443 g/mol. The van der Waals surface area contributed by atoms with Gasteiger partial charge in [0.15, 0.2) is 0 Å². The molecule has 1 N–H and O–H groups in total. The molecule has 2 aromatic carbocycles. The molecule has 164 valence electrons. The summed E-state index contributed by atoms with van der Waals surface area (Å²) in [6.45, 7) is 2.38. The van der Waals surface area contributed by atoms with E-state index >= 15 is 0 Å². The van der Waals surface area contributed by atoms with Gasteiger partial charge < -0.3 is 10.2 Å². The molecule has 5 nitrogen and oxygen atoms in total. The summed E-state index contributed by atoms with van der Waals surface area (Å²) in [5, 5.41) is 3.68. The first-order valence-corrected chi connectivity index (χ1v) is 11.2. The zero-order chi connectivity index (χ0) is 21.8. The number of carbonyl (C=O) groups excluding carboxylic acids is 2. The number of anilines is 1. The van der Waals surface area contributed by atoms with Crippen LogP contribution in [-0.4, -0.2) is 53.8 Å². The van der Waals surface area contributed by atoms with E-state index in [0.29, 0.717) is 42.7 Å². The van der Waals surface area contributed by atoms with Crippen molar-refractivity contribution < 1.29 is 14.0 Å². The van der Waals surface area contributed by atoms with E-state index in [9.17, 15) is 14.0 Å². The van der Waals surface area contributed by atoms with Gasteiger partial charge in [-0.05, 0) is 67.3 Å². The van der Waals surface area contributed by atoms with Gasteiger partial charge in [-0.3, -0.25) is 14.5 Å². The first-order chi connectivity index (χ1) is 15.0. The van der Waals surface area contributed by atoms with Gasteiger partial charge in [0.05, 0.1) is 6.04 Å². The molecule has 1 saturated carbocycles. The molecule has 2 amide bonds. The molecule has 7 heteroatoms. The minimum absolute atomic E-state index is 0.00698. The maximum absolute atomic E-state index is 13.3. The van der Waals surface area contributed by atoms with Gasteiger partial charge in [0.2, 0.25) is 5.91 Å². The Morgan fingerprint density at radius 3 is 2.16 bits per heavy atom. The van der Waals surface area contributed by atoms with Crippen molar-refractivity contribution in [2.45, 2.75) is 31.7 Å². The number of nitrogens with zero attached hydrogens (tertiary/aromatic N) is 2. The van der Waals surface area contributed by atoms with E-state index in [0.717, 1.165) is 31.4 Å². The number of hydrogen-bond acceptors (Lipinski definition) is 3. The van der Waals surface area contributed by atoms with Gasteiger partial charge in [-0.1, -0.05) is 24.4 Å². The molecule has 4 rings (SSSR count). The van der Waals surface area contributed by atoms with Crippen LogP contribution in [0.25, 0.3) is 0 Å². The lowest BCUT2D eigenvalue weighted by Crippen LogP contribution is -2.56. The van der Waals surface area contributed by atoms with Crippen molar-refractivity contribution in [3.63, 3.8) is 0 Å². The molecule has 0 spiro atoms. The van der Waals surface area contributed by atoms with Crippen molar-refractivity contribution in [1.82, 2.24) is 9.80 Å². The quantitative estimate of drug-likeness (QED) is 0.743. The second-order valence-corrected chi connectivity index (χ2v) is 8.76. The Bertz CT molecular complexity index is 905. The Kier molecular flexibility index (Phi) is 6.88. The van der Waals surface area contributed by atoms with Gasteiger partial charge in [0.25, 0.3) is 5.91 Å². The van der Waals surface area contributed by atoms with E-state index in [1.54, 1.807) is 17.0 Å². The average Bonchev–Trinajstić information content (AvgIpc) is 3.30. The summed E-state index contributed by atoms with van der Waals surface area (Å²) in [5.74, 6) is -0.116. The zero-order valence-corrected chi connectivity index (χ0v) is 18.2. The van der Waals surface area contributed by atoms with E-state index in [2.05, 4.69) is 10.2 Å². The summed E-state index contributed by atoms with van der Waals surface area (Å²) in [5.41, 5.74) is 1.23. The summed E-state index contributed by atoms with van der Waals surface area (Å²) < 4.78 is 13.2. The highest BCUT2D eigenvalue weighted by molar-refractivity contribution is 6.30. The topological polar surface area (TPSA) is 52.7 Å². The largest absolute Gasteiger partial charge is 0.336 e. The summed E-state index contributed by atoms with van der Waals surface area (Å²) in [4.78, 5) is 30.0. The highest BCUT2D eigenvalue weighted by Crippen LogP contribution is 2.32. The van der Waals surface area contributed by atoms with Crippen LogP contribution in [0.5, 0.6) is 0 Å². The van der Waals surface area contributed by atoms with E-state index < -0.39 is 0 Å². The highest BCUT2D eigenvalue weighted by Gasteiger charge is 2.37. The molecule has 1 atom stereocenters. The number of halogens is 2. The normalized spacial score (nSPS) is 18.7. The first kappa shape index (κ1) is 21.8. The van der Waals surface area contributed by atoms with Crippen LogP contribution in [0.4, 0.5) is 10.1 Å². The van der Waals surface area contributed by atoms with E-state index in [4.69, 9.17) is 11.6 Å². The Balaban J connectivity index is 1.42. The lowest BCUT2D eigenvalue weighted by molar-refractivity contribution is -0.123. The van der Waals surface area contributed by atoms with Crippen LogP contribution in [0.3, 0.4) is 0 Å². The van der Waals surface area contributed by atoms with Gasteiger partial charge >= 0.3 is 0 Å². The number of piperazine rings is 1. The first-order valence-electron chi connectivity index (χ1n) is 10.9. The van der Waals surface area contributed by atoms with Gasteiger partial charge in [-0.25, -0.2) is 4.39 Å². The maximum Gasteiger partial charge on any atom is 0.253 e. The Morgan fingerprint density at radius 1 is 0.935 bits per heavy atom. The summed E-state index contributed by atoms with van der Waals surface area (Å²) in [6, 6.07) is 12.6. The van der Waals surface area contributed by atoms with Gasteiger partial charge in [-0.2, -0.15) is 0 Å². The predicted octanol–water partition coefficient (Wildman–Crippen LogP) is 4.43. The second kappa shape index (κ2) is 9.79. The van der Waals surface area contributed by atoms with Crippen LogP contribution < -0.4 is 5.32 Å². The predicted molar refractivity (Wildman–Crippen MR) is 120 cm³/mol. The minimum Gasteiger partial charge on any atom is -0.336 e. The number of benzene rings is 2. The molecule has 1 aliphatic heterocycles. The Hall–Kier alpha value is -2.44. The minimum atomic E-state index is -0.354. The molecular formula is C24H27ClFN3O2. The maximum atomic E-state index is 13.3. The number of nitrogens with one attached hydrogen (secondary N) is 1. The smallest absolute Gasteiger partial charge is 0.253 e. The van der Waals surface area contributed by atoms with Crippen molar-refractivity contribution in [1.29, 1.82) is 0 Å². The van der Waals surface area contributed by atoms with Crippen molar-refractivity contribution >= 4 is 29.1 Å². The third kappa shape index (κ3) is 5.25. The zero-order valence-electron chi connectivity index (χ0n) is 17.4. The molecule has 31 heavy (non-hydrogen) atoms. The SMILES string of the molecule is O=C(Nc1ccc(Cl)cc1)C(C1CCCC1)N1CCN(C(=O)c2ccc(F)cc2)CC1. The molecule has 0 radical (unpaired) electrons. The molecule has 2 aliphatic rings. The average molecular weight is 444 g/mol. The fourth-order valence-electron chi connectivity index (χ4n) is 4.68. The van der Waals surface area contributed by atoms with Crippen LogP contribution in [0.15, 0.2) is 48.5 Å². The molecule has 1 saturated heterocycles. The van der Waals surface area contributed by atoms with Crippen molar-refractivity contribution in [2.75, 3.05) is 31.5 Å². The van der Waals surface area contributed by atoms with Crippen LogP contribution in [0.2, 0.25) is 5.02 Å². The van der Waals surface area contributed by atoms with E-state index in [1.165, 1.54) is 24.3 Å². The molecule has 1 unspecified atom stereocenters. The molecule has 2 aromatic rings. The van der Waals surface area contributed by atoms with Crippen molar-refractivity contribution in [3.8, 4) is 0 Å². The molecule has 1 aliphatic carbocycles. The summed E-state index contributed by atoms with van der Waals surface area (Å²) in [7, 11) is 0. The highest BCUT2D eigenvalue weighted by atomic mass is 35.5.